The fraction of sp³-hybridized carbons (Fsp3) is 0.375. The van der Waals surface area contributed by atoms with Crippen molar-refractivity contribution < 1.29 is 4.74 Å². The maximum absolute atomic E-state index is 5.06. The van der Waals surface area contributed by atoms with Crippen molar-refractivity contribution in [3.63, 3.8) is 0 Å². The van der Waals surface area contributed by atoms with Gasteiger partial charge in [-0.25, -0.2) is 0 Å². The van der Waals surface area contributed by atoms with Crippen LogP contribution in [0.2, 0.25) is 0 Å². The van der Waals surface area contributed by atoms with E-state index in [0.29, 0.717) is 0 Å². The van der Waals surface area contributed by atoms with E-state index < -0.39 is 0 Å². The topological polar surface area (TPSA) is 24.5 Å². The molecule has 0 amide bonds. The zero-order valence-corrected chi connectivity index (χ0v) is 13.0. The third kappa shape index (κ3) is 4.34. The van der Waals surface area contributed by atoms with E-state index in [2.05, 4.69) is 58.4 Å². The first-order valence-electron chi connectivity index (χ1n) is 6.81. The Bertz CT molecular complexity index is 499. The zero-order valence-electron chi connectivity index (χ0n) is 12.1. The van der Waals surface area contributed by atoms with Gasteiger partial charge < -0.3 is 15.0 Å². The molecule has 0 aliphatic heterocycles. The largest absolute Gasteiger partial charge is 0.383 e. The lowest BCUT2D eigenvalue weighted by Crippen LogP contribution is -2.22. The number of anilines is 1. The number of rotatable bonds is 8. The van der Waals surface area contributed by atoms with Crippen LogP contribution >= 0.6 is 11.3 Å². The Morgan fingerprint density at radius 1 is 1.25 bits per heavy atom. The molecule has 0 spiro atoms. The van der Waals surface area contributed by atoms with E-state index in [4.69, 9.17) is 4.74 Å². The maximum atomic E-state index is 5.06. The van der Waals surface area contributed by atoms with Gasteiger partial charge in [0.1, 0.15) is 0 Å². The Morgan fingerprint density at radius 3 is 2.85 bits per heavy atom. The molecule has 1 N–H and O–H groups in total. The SMILES string of the molecule is COCCNCc1ccccc1N(C)Cc1ccsc1. The summed E-state index contributed by atoms with van der Waals surface area (Å²) in [6.07, 6.45) is 0. The van der Waals surface area contributed by atoms with Gasteiger partial charge in [-0.1, -0.05) is 18.2 Å². The van der Waals surface area contributed by atoms with Gasteiger partial charge in [-0.3, -0.25) is 0 Å². The predicted octanol–water partition coefficient (Wildman–Crippen LogP) is 3.12. The Labute approximate surface area is 125 Å². The summed E-state index contributed by atoms with van der Waals surface area (Å²) >= 11 is 1.75. The Hall–Kier alpha value is -1.36. The summed E-state index contributed by atoms with van der Waals surface area (Å²) in [5, 5.41) is 7.74. The molecule has 2 rings (SSSR count). The molecule has 3 nitrogen and oxygen atoms in total. The number of thiophene rings is 1. The highest BCUT2D eigenvalue weighted by Crippen LogP contribution is 2.21. The lowest BCUT2D eigenvalue weighted by atomic mass is 10.1. The number of nitrogens with one attached hydrogen (secondary N) is 1. The third-order valence-electron chi connectivity index (χ3n) is 3.20. The van der Waals surface area contributed by atoms with E-state index in [-0.39, 0.29) is 0 Å². The third-order valence-corrected chi connectivity index (χ3v) is 3.93. The first kappa shape index (κ1) is 15.0. The Kier molecular flexibility index (Phi) is 6.05. The van der Waals surface area contributed by atoms with Crippen molar-refractivity contribution in [2.24, 2.45) is 0 Å². The molecule has 1 aromatic heterocycles. The molecule has 20 heavy (non-hydrogen) atoms. The summed E-state index contributed by atoms with van der Waals surface area (Å²) in [6, 6.07) is 10.7. The second kappa shape index (κ2) is 8.04. The molecule has 108 valence electrons. The summed E-state index contributed by atoms with van der Waals surface area (Å²) < 4.78 is 5.06. The molecular formula is C16H22N2OS. The molecule has 0 saturated heterocycles. The van der Waals surface area contributed by atoms with Crippen LogP contribution in [-0.4, -0.2) is 27.3 Å². The van der Waals surface area contributed by atoms with E-state index >= 15 is 0 Å². The lowest BCUT2D eigenvalue weighted by molar-refractivity contribution is 0.199. The molecule has 4 heteroatoms. The van der Waals surface area contributed by atoms with Crippen LogP contribution in [0, 0.1) is 0 Å². The summed E-state index contributed by atoms with van der Waals surface area (Å²) in [5.41, 5.74) is 3.96. The molecule has 0 aliphatic rings. The number of benzene rings is 1. The van der Waals surface area contributed by atoms with Crippen molar-refractivity contribution in [1.82, 2.24) is 5.32 Å². The average Bonchev–Trinajstić information content (AvgIpc) is 2.97. The number of ether oxygens (including phenoxy) is 1. The van der Waals surface area contributed by atoms with Crippen LogP contribution in [0.5, 0.6) is 0 Å². The normalized spacial score (nSPS) is 10.7. The van der Waals surface area contributed by atoms with Crippen LogP contribution in [0.1, 0.15) is 11.1 Å². The van der Waals surface area contributed by atoms with E-state index in [9.17, 15) is 0 Å². The summed E-state index contributed by atoms with van der Waals surface area (Å²) in [5.74, 6) is 0. The molecule has 1 heterocycles. The summed E-state index contributed by atoms with van der Waals surface area (Å²) in [6.45, 7) is 3.43. The van der Waals surface area contributed by atoms with Gasteiger partial charge in [0.25, 0.3) is 0 Å². The molecule has 0 fully saturated rings. The van der Waals surface area contributed by atoms with Crippen molar-refractivity contribution in [3.05, 3.63) is 52.2 Å². The minimum Gasteiger partial charge on any atom is -0.383 e. The van der Waals surface area contributed by atoms with E-state index in [1.807, 2.05) is 0 Å². The fourth-order valence-electron chi connectivity index (χ4n) is 2.17. The highest BCUT2D eigenvalue weighted by molar-refractivity contribution is 7.07. The van der Waals surface area contributed by atoms with Gasteiger partial charge >= 0.3 is 0 Å². The monoisotopic (exact) mass is 290 g/mol. The van der Waals surface area contributed by atoms with Gasteiger partial charge in [0.2, 0.25) is 0 Å². The van der Waals surface area contributed by atoms with Crippen molar-refractivity contribution in [2.45, 2.75) is 13.1 Å². The number of hydrogen-bond donors (Lipinski definition) is 1. The second-order valence-electron chi connectivity index (χ2n) is 4.79. The zero-order chi connectivity index (χ0) is 14.2. The average molecular weight is 290 g/mol. The van der Waals surface area contributed by atoms with Gasteiger partial charge in [0, 0.05) is 39.5 Å². The quantitative estimate of drug-likeness (QED) is 0.756. The first-order valence-corrected chi connectivity index (χ1v) is 7.75. The highest BCUT2D eigenvalue weighted by atomic mass is 32.1. The van der Waals surface area contributed by atoms with Gasteiger partial charge in [-0.2, -0.15) is 11.3 Å². The molecule has 0 radical (unpaired) electrons. The second-order valence-corrected chi connectivity index (χ2v) is 5.57. The van der Waals surface area contributed by atoms with Gasteiger partial charge in [0.05, 0.1) is 6.61 Å². The minimum absolute atomic E-state index is 0.743. The van der Waals surface area contributed by atoms with E-state index in [1.165, 1.54) is 16.8 Å². The van der Waals surface area contributed by atoms with Crippen molar-refractivity contribution in [3.8, 4) is 0 Å². The van der Waals surface area contributed by atoms with Crippen molar-refractivity contribution in [1.29, 1.82) is 0 Å². The highest BCUT2D eigenvalue weighted by Gasteiger charge is 2.07. The molecule has 2 aromatic rings. The molecule has 0 saturated carbocycles. The molecule has 0 aliphatic carbocycles. The number of methoxy groups -OCH3 is 1. The van der Waals surface area contributed by atoms with Gasteiger partial charge in [-0.05, 0) is 34.0 Å². The Morgan fingerprint density at radius 2 is 2.10 bits per heavy atom. The molecule has 0 bridgehead atoms. The van der Waals surface area contributed by atoms with Gasteiger partial charge in [0.15, 0.2) is 0 Å². The van der Waals surface area contributed by atoms with Crippen LogP contribution in [0.4, 0.5) is 5.69 Å². The lowest BCUT2D eigenvalue weighted by Gasteiger charge is -2.22. The first-order chi connectivity index (χ1) is 9.81. The number of nitrogens with zero attached hydrogens (tertiary/aromatic N) is 1. The molecule has 0 atom stereocenters. The molecular weight excluding hydrogens is 268 g/mol. The Balaban J connectivity index is 1.99. The number of para-hydroxylation sites is 1. The molecule has 0 unspecified atom stereocenters. The van der Waals surface area contributed by atoms with E-state index in [1.54, 1.807) is 18.4 Å². The van der Waals surface area contributed by atoms with E-state index in [0.717, 1.165) is 26.2 Å². The predicted molar refractivity (Wildman–Crippen MR) is 86.5 cm³/mol. The van der Waals surface area contributed by atoms with Crippen molar-refractivity contribution >= 4 is 17.0 Å². The van der Waals surface area contributed by atoms with Crippen LogP contribution in [0.3, 0.4) is 0 Å². The van der Waals surface area contributed by atoms with Crippen LogP contribution in [0.15, 0.2) is 41.1 Å². The number of hydrogen-bond acceptors (Lipinski definition) is 4. The smallest absolute Gasteiger partial charge is 0.0587 e. The van der Waals surface area contributed by atoms with Crippen molar-refractivity contribution in [2.75, 3.05) is 32.2 Å². The minimum atomic E-state index is 0.743. The maximum Gasteiger partial charge on any atom is 0.0587 e. The van der Waals surface area contributed by atoms with Crippen LogP contribution in [0.25, 0.3) is 0 Å². The van der Waals surface area contributed by atoms with Crippen LogP contribution in [-0.2, 0) is 17.8 Å². The van der Waals surface area contributed by atoms with Crippen LogP contribution < -0.4 is 10.2 Å². The summed E-state index contributed by atoms with van der Waals surface area (Å²) in [4.78, 5) is 2.30. The fourth-order valence-corrected chi connectivity index (χ4v) is 2.83. The standard InChI is InChI=1S/C16H22N2OS/c1-18(12-14-7-10-20-13-14)16-6-4-3-5-15(16)11-17-8-9-19-2/h3-7,10,13,17H,8-9,11-12H2,1-2H3. The summed E-state index contributed by atoms with van der Waals surface area (Å²) in [7, 11) is 3.87. The molecule has 1 aromatic carbocycles. The van der Waals surface area contributed by atoms with Gasteiger partial charge in [-0.15, -0.1) is 0 Å².